The molecule has 0 saturated carbocycles. The number of hydrogen-bond donors (Lipinski definition) is 0. The molecule has 0 heteroatoms. The van der Waals surface area contributed by atoms with Crippen molar-refractivity contribution in [2.75, 3.05) is 0 Å². The smallest absolute Gasteiger partial charge is 0.0184 e. The van der Waals surface area contributed by atoms with Crippen LogP contribution in [0, 0.1) is 6.07 Å². The Hall–Kier alpha value is -1.04. The lowest BCUT2D eigenvalue weighted by molar-refractivity contribution is 0.691. The van der Waals surface area contributed by atoms with Gasteiger partial charge in [-0.1, -0.05) is 37.3 Å². The van der Waals surface area contributed by atoms with Crippen LogP contribution in [0.4, 0.5) is 0 Å². The molecule has 0 bridgehead atoms. The first kappa shape index (κ1) is 9.05. The maximum absolute atomic E-state index is 3.72. The van der Waals surface area contributed by atoms with Crippen LogP contribution in [-0.2, 0) is 0 Å². The van der Waals surface area contributed by atoms with Crippen LogP contribution in [0.25, 0.3) is 0 Å². The summed E-state index contributed by atoms with van der Waals surface area (Å²) >= 11 is 0. The molecule has 1 unspecified atom stereocenters. The Balaban J connectivity index is 2.53. The van der Waals surface area contributed by atoms with E-state index in [9.17, 15) is 0 Å². The minimum atomic E-state index is 0.637. The van der Waals surface area contributed by atoms with Crippen molar-refractivity contribution in [1.82, 2.24) is 0 Å². The fraction of sp³-hybridized carbons (Fsp3) is 0.333. The zero-order valence-electron chi connectivity index (χ0n) is 7.59. The first-order chi connectivity index (χ1) is 5.84. The second-order valence-corrected chi connectivity index (χ2v) is 3.10. The molecule has 0 spiro atoms. The highest BCUT2D eigenvalue weighted by Gasteiger charge is 2.01. The van der Waals surface area contributed by atoms with Crippen LogP contribution in [0.15, 0.2) is 36.9 Å². The van der Waals surface area contributed by atoms with Gasteiger partial charge in [0.25, 0.3) is 0 Å². The summed E-state index contributed by atoms with van der Waals surface area (Å²) in [5, 5.41) is 0. The Morgan fingerprint density at radius 3 is 2.75 bits per heavy atom. The maximum Gasteiger partial charge on any atom is -0.0184 e. The number of rotatable bonds is 4. The first-order valence-corrected chi connectivity index (χ1v) is 4.41. The van der Waals surface area contributed by atoms with E-state index in [2.05, 4.69) is 31.7 Å². The van der Waals surface area contributed by atoms with Crippen LogP contribution in [0.3, 0.4) is 0 Å². The minimum absolute atomic E-state index is 0.637. The van der Waals surface area contributed by atoms with E-state index in [1.807, 2.05) is 18.2 Å². The molecule has 0 heterocycles. The topological polar surface area (TPSA) is 0 Å². The Bertz CT molecular complexity index is 223. The molecule has 0 aliphatic carbocycles. The maximum atomic E-state index is 3.72. The quantitative estimate of drug-likeness (QED) is 0.589. The molecule has 0 N–H and O–H groups in total. The van der Waals surface area contributed by atoms with Crippen molar-refractivity contribution in [3.63, 3.8) is 0 Å². The largest absolute Gasteiger partial charge is 0.103 e. The standard InChI is InChI=1S/C12H15/c1-3-4-8-11(2)12-9-6-5-7-10-12/h3,6-7,9-11H,1,4,8H2,2H3. The number of benzene rings is 1. The van der Waals surface area contributed by atoms with E-state index >= 15 is 0 Å². The summed E-state index contributed by atoms with van der Waals surface area (Å²) in [4.78, 5) is 0. The van der Waals surface area contributed by atoms with E-state index in [0.29, 0.717) is 5.92 Å². The minimum Gasteiger partial charge on any atom is -0.103 e. The lowest BCUT2D eigenvalue weighted by Gasteiger charge is -2.09. The Morgan fingerprint density at radius 1 is 1.50 bits per heavy atom. The molecule has 1 aromatic rings. The molecule has 0 saturated heterocycles. The Morgan fingerprint density at radius 2 is 2.17 bits per heavy atom. The van der Waals surface area contributed by atoms with Crippen LogP contribution in [0.1, 0.15) is 31.2 Å². The van der Waals surface area contributed by atoms with E-state index in [4.69, 9.17) is 0 Å². The zero-order valence-corrected chi connectivity index (χ0v) is 7.59. The molecular weight excluding hydrogens is 144 g/mol. The van der Waals surface area contributed by atoms with Gasteiger partial charge in [-0.05, 0) is 30.4 Å². The molecule has 1 rings (SSSR count). The van der Waals surface area contributed by atoms with Crippen molar-refractivity contribution in [3.8, 4) is 0 Å². The predicted molar refractivity (Wildman–Crippen MR) is 53.1 cm³/mol. The van der Waals surface area contributed by atoms with Crippen molar-refractivity contribution in [1.29, 1.82) is 0 Å². The van der Waals surface area contributed by atoms with Gasteiger partial charge in [0.15, 0.2) is 0 Å². The molecule has 0 amide bonds. The summed E-state index contributed by atoms with van der Waals surface area (Å²) in [5.74, 6) is 0.637. The highest BCUT2D eigenvalue weighted by atomic mass is 14.1. The van der Waals surface area contributed by atoms with Crippen LogP contribution in [0.5, 0.6) is 0 Å². The molecule has 1 atom stereocenters. The van der Waals surface area contributed by atoms with Crippen molar-refractivity contribution >= 4 is 0 Å². The summed E-state index contributed by atoms with van der Waals surface area (Å²) in [7, 11) is 0. The molecule has 0 fully saturated rings. The highest BCUT2D eigenvalue weighted by Crippen LogP contribution is 2.19. The van der Waals surface area contributed by atoms with E-state index in [1.54, 1.807) is 0 Å². The van der Waals surface area contributed by atoms with Gasteiger partial charge in [-0.25, -0.2) is 0 Å². The van der Waals surface area contributed by atoms with E-state index in [0.717, 1.165) is 6.42 Å². The van der Waals surface area contributed by atoms with Crippen LogP contribution in [-0.4, -0.2) is 0 Å². The molecule has 0 nitrogen and oxygen atoms in total. The average Bonchev–Trinajstić information content (AvgIpc) is 2.15. The van der Waals surface area contributed by atoms with Crippen LogP contribution < -0.4 is 0 Å². The summed E-state index contributed by atoms with van der Waals surface area (Å²) in [5.41, 5.74) is 1.40. The normalized spacial score (nSPS) is 12.4. The lowest BCUT2D eigenvalue weighted by Crippen LogP contribution is -1.91. The van der Waals surface area contributed by atoms with Crippen molar-refractivity contribution in [3.05, 3.63) is 48.6 Å². The lowest BCUT2D eigenvalue weighted by atomic mass is 9.96. The van der Waals surface area contributed by atoms with Crippen LogP contribution in [0.2, 0.25) is 0 Å². The monoisotopic (exact) mass is 159 g/mol. The highest BCUT2D eigenvalue weighted by molar-refractivity contribution is 5.17. The van der Waals surface area contributed by atoms with Crippen molar-refractivity contribution < 1.29 is 0 Å². The van der Waals surface area contributed by atoms with Gasteiger partial charge in [-0.15, -0.1) is 6.58 Å². The fourth-order valence-corrected chi connectivity index (χ4v) is 1.26. The second kappa shape index (κ2) is 4.76. The Labute approximate surface area is 74.9 Å². The SMILES string of the molecule is C=CCCC(C)c1cc[c]cc1. The molecule has 12 heavy (non-hydrogen) atoms. The third-order valence-electron chi connectivity index (χ3n) is 2.12. The van der Waals surface area contributed by atoms with Crippen LogP contribution >= 0.6 is 0 Å². The molecule has 0 aliphatic rings. The van der Waals surface area contributed by atoms with Gasteiger partial charge in [0.1, 0.15) is 0 Å². The van der Waals surface area contributed by atoms with Gasteiger partial charge >= 0.3 is 0 Å². The molecule has 63 valence electrons. The number of allylic oxidation sites excluding steroid dienone is 1. The van der Waals surface area contributed by atoms with Gasteiger partial charge in [-0.2, -0.15) is 0 Å². The summed E-state index contributed by atoms with van der Waals surface area (Å²) < 4.78 is 0. The third-order valence-corrected chi connectivity index (χ3v) is 2.12. The van der Waals surface area contributed by atoms with Gasteiger partial charge in [0, 0.05) is 0 Å². The zero-order chi connectivity index (χ0) is 8.81. The molecule has 1 aromatic carbocycles. The van der Waals surface area contributed by atoms with Gasteiger partial charge < -0.3 is 0 Å². The summed E-state index contributed by atoms with van der Waals surface area (Å²) in [6, 6.07) is 11.2. The van der Waals surface area contributed by atoms with Gasteiger partial charge in [0.2, 0.25) is 0 Å². The molecular formula is C12H15. The fourth-order valence-electron chi connectivity index (χ4n) is 1.26. The molecule has 0 aromatic heterocycles. The first-order valence-electron chi connectivity index (χ1n) is 4.41. The van der Waals surface area contributed by atoms with E-state index in [-0.39, 0.29) is 0 Å². The van der Waals surface area contributed by atoms with Gasteiger partial charge in [-0.3, -0.25) is 0 Å². The van der Waals surface area contributed by atoms with E-state index < -0.39 is 0 Å². The van der Waals surface area contributed by atoms with E-state index in [1.165, 1.54) is 12.0 Å². The van der Waals surface area contributed by atoms with Gasteiger partial charge in [0.05, 0.1) is 0 Å². The third kappa shape index (κ3) is 2.54. The second-order valence-electron chi connectivity index (χ2n) is 3.10. The number of hydrogen-bond acceptors (Lipinski definition) is 0. The molecule has 1 radical (unpaired) electrons. The predicted octanol–water partition coefficient (Wildman–Crippen LogP) is 3.56. The summed E-state index contributed by atoms with van der Waals surface area (Å²) in [6.07, 6.45) is 4.26. The summed E-state index contributed by atoms with van der Waals surface area (Å²) in [6.45, 7) is 5.97. The van der Waals surface area contributed by atoms with Crippen molar-refractivity contribution in [2.45, 2.75) is 25.7 Å². The Kier molecular flexibility index (Phi) is 3.59. The van der Waals surface area contributed by atoms with Crippen molar-refractivity contribution in [2.24, 2.45) is 0 Å². The average molecular weight is 159 g/mol. The molecule has 0 aliphatic heterocycles.